The first-order valence-electron chi connectivity index (χ1n) is 10.5. The van der Waals surface area contributed by atoms with E-state index in [1.807, 2.05) is 47.4 Å². The lowest BCUT2D eigenvalue weighted by atomic mass is 9.75. The van der Waals surface area contributed by atoms with Crippen molar-refractivity contribution in [2.75, 3.05) is 30.7 Å². The number of carbonyl (C=O) groups is 1. The van der Waals surface area contributed by atoms with E-state index < -0.39 is 5.41 Å². The number of hydrogen-bond donors (Lipinski definition) is 0. The maximum absolute atomic E-state index is 14.0. The van der Waals surface area contributed by atoms with Crippen molar-refractivity contribution in [2.24, 2.45) is 0 Å². The number of benzene rings is 2. The third-order valence-electron chi connectivity index (χ3n) is 6.15. The maximum atomic E-state index is 14.0. The highest BCUT2D eigenvalue weighted by Crippen LogP contribution is 2.56. The molecule has 0 saturated heterocycles. The summed E-state index contributed by atoms with van der Waals surface area (Å²) in [6, 6.07) is 9.84. The van der Waals surface area contributed by atoms with E-state index in [9.17, 15) is 4.79 Å². The number of anilines is 1. The second-order valence-corrected chi connectivity index (χ2v) is 8.17. The number of carbonyl (C=O) groups excluding carboxylic acids is 1. The van der Waals surface area contributed by atoms with Gasteiger partial charge >= 0.3 is 0 Å². The van der Waals surface area contributed by atoms with Gasteiger partial charge in [-0.05, 0) is 24.1 Å². The predicted octanol–water partition coefficient (Wildman–Crippen LogP) is 4.88. The Labute approximate surface area is 181 Å². The number of unbranched alkanes of at least 4 members (excludes halogenated alkanes) is 2. The molecule has 1 unspecified atom stereocenters. The summed E-state index contributed by atoms with van der Waals surface area (Å²) in [7, 11) is 0. The van der Waals surface area contributed by atoms with Gasteiger partial charge in [-0.15, -0.1) is 11.6 Å². The van der Waals surface area contributed by atoms with Crippen LogP contribution in [0.15, 0.2) is 36.4 Å². The Balaban J connectivity index is 1.69. The molecule has 6 heteroatoms. The summed E-state index contributed by atoms with van der Waals surface area (Å²) in [6.07, 6.45) is 7.07. The molecular weight excluding hydrogens is 402 g/mol. The van der Waals surface area contributed by atoms with Gasteiger partial charge in [0.15, 0.2) is 11.5 Å². The third kappa shape index (κ3) is 2.72. The van der Waals surface area contributed by atoms with Gasteiger partial charge in [0.1, 0.15) is 17.8 Å². The van der Waals surface area contributed by atoms with E-state index >= 15 is 0 Å². The quantitative estimate of drug-likeness (QED) is 0.488. The van der Waals surface area contributed by atoms with Crippen molar-refractivity contribution in [1.29, 1.82) is 0 Å². The smallest absolute Gasteiger partial charge is 0.245 e. The van der Waals surface area contributed by atoms with E-state index in [-0.39, 0.29) is 19.3 Å². The number of allylic oxidation sites excluding steroid dienone is 1. The van der Waals surface area contributed by atoms with Crippen molar-refractivity contribution >= 4 is 29.3 Å². The number of fused-ring (bicyclic) bond motifs is 5. The largest absolute Gasteiger partial charge is 0.491 e. The van der Waals surface area contributed by atoms with Crippen LogP contribution in [-0.2, 0) is 10.2 Å². The fourth-order valence-corrected chi connectivity index (χ4v) is 4.86. The summed E-state index contributed by atoms with van der Waals surface area (Å²) >= 11 is 5.92. The highest BCUT2D eigenvalue weighted by Gasteiger charge is 2.58. The van der Waals surface area contributed by atoms with Crippen LogP contribution in [-0.4, -0.2) is 31.7 Å². The van der Waals surface area contributed by atoms with Crippen LogP contribution in [0.2, 0.25) is 0 Å². The van der Waals surface area contributed by atoms with E-state index in [1.165, 1.54) is 0 Å². The van der Waals surface area contributed by atoms with Crippen LogP contribution in [0, 0.1) is 0 Å². The minimum absolute atomic E-state index is 0.0675. The van der Waals surface area contributed by atoms with Gasteiger partial charge in [0.2, 0.25) is 12.7 Å². The molecule has 1 spiro atoms. The van der Waals surface area contributed by atoms with Crippen LogP contribution >= 0.6 is 11.6 Å². The number of hydrogen-bond acceptors (Lipinski definition) is 4. The zero-order valence-corrected chi connectivity index (χ0v) is 17.7. The monoisotopic (exact) mass is 425 g/mol. The van der Waals surface area contributed by atoms with Gasteiger partial charge in [-0.1, -0.05) is 44.1 Å². The molecule has 2 aromatic rings. The van der Waals surface area contributed by atoms with Gasteiger partial charge < -0.3 is 19.1 Å². The van der Waals surface area contributed by atoms with E-state index in [4.69, 9.17) is 25.8 Å². The van der Waals surface area contributed by atoms with Crippen molar-refractivity contribution in [2.45, 2.75) is 31.6 Å². The highest BCUT2D eigenvalue weighted by molar-refractivity contribution is 6.19. The first-order chi connectivity index (χ1) is 14.7. The Kier molecular flexibility index (Phi) is 4.86. The summed E-state index contributed by atoms with van der Waals surface area (Å²) in [5.41, 5.74) is 2.91. The van der Waals surface area contributed by atoms with Crippen LogP contribution < -0.4 is 19.1 Å². The number of halogens is 1. The second kappa shape index (κ2) is 7.55. The van der Waals surface area contributed by atoms with Crippen LogP contribution in [0.5, 0.6) is 17.2 Å². The average Bonchev–Trinajstić information content (AvgIpc) is 3.43. The van der Waals surface area contributed by atoms with Gasteiger partial charge in [-0.2, -0.15) is 0 Å². The van der Waals surface area contributed by atoms with Crippen molar-refractivity contribution in [3.05, 3.63) is 53.1 Å². The van der Waals surface area contributed by atoms with E-state index in [2.05, 4.69) is 6.92 Å². The van der Waals surface area contributed by atoms with Crippen molar-refractivity contribution in [3.63, 3.8) is 0 Å². The molecule has 1 amide bonds. The molecule has 2 aromatic carbocycles. The third-order valence-corrected chi connectivity index (χ3v) is 6.33. The Morgan fingerprint density at radius 1 is 1.13 bits per heavy atom. The lowest BCUT2D eigenvalue weighted by Gasteiger charge is -2.24. The van der Waals surface area contributed by atoms with Crippen LogP contribution in [0.1, 0.15) is 42.9 Å². The van der Waals surface area contributed by atoms with Crippen LogP contribution in [0.3, 0.4) is 0 Å². The van der Waals surface area contributed by atoms with Crippen molar-refractivity contribution in [1.82, 2.24) is 0 Å². The maximum Gasteiger partial charge on any atom is 0.245 e. The molecule has 0 N–H and O–H groups in total. The summed E-state index contributed by atoms with van der Waals surface area (Å²) in [6.45, 7) is 3.32. The Bertz CT molecular complexity index is 1030. The molecule has 3 aliphatic heterocycles. The molecule has 30 heavy (non-hydrogen) atoms. The number of ether oxygens (including phenoxy) is 3. The topological polar surface area (TPSA) is 48.0 Å². The van der Waals surface area contributed by atoms with Gasteiger partial charge in [0.05, 0.1) is 0 Å². The number of amides is 1. The zero-order chi connectivity index (χ0) is 20.7. The SMILES string of the molecule is CCCCCN1C(=O)C2(COc3cc4c(cc32)OCO4)c2c(C=CCCl)cccc21. The lowest BCUT2D eigenvalue weighted by molar-refractivity contribution is -0.122. The molecule has 3 heterocycles. The predicted molar refractivity (Wildman–Crippen MR) is 117 cm³/mol. The number of rotatable bonds is 6. The Hall–Kier alpha value is -2.66. The van der Waals surface area contributed by atoms with Gasteiger partial charge in [0.25, 0.3) is 0 Å². The Morgan fingerprint density at radius 3 is 2.77 bits per heavy atom. The molecule has 156 valence electrons. The first kappa shape index (κ1) is 19.3. The standard InChI is InChI=1S/C24H24ClNO4/c1-2-3-4-11-26-18-9-5-7-16(8-6-10-25)22(18)24(23(26)27)14-28-19-13-21-20(12-17(19)24)29-15-30-21/h5-9,12-13H,2-4,10-11,14-15H2,1H3. The molecule has 0 radical (unpaired) electrons. The van der Waals surface area contributed by atoms with Crippen LogP contribution in [0.25, 0.3) is 6.08 Å². The van der Waals surface area contributed by atoms with E-state index in [0.29, 0.717) is 29.7 Å². The molecular formula is C24H24ClNO4. The van der Waals surface area contributed by atoms with Crippen molar-refractivity contribution in [3.8, 4) is 17.2 Å². The molecule has 0 saturated carbocycles. The summed E-state index contributed by atoms with van der Waals surface area (Å²) in [5.74, 6) is 2.48. The molecule has 1 atom stereocenters. The van der Waals surface area contributed by atoms with Gasteiger partial charge in [-0.3, -0.25) is 4.79 Å². The van der Waals surface area contributed by atoms with E-state index in [0.717, 1.165) is 41.6 Å². The second-order valence-electron chi connectivity index (χ2n) is 7.86. The summed E-state index contributed by atoms with van der Waals surface area (Å²) in [5, 5.41) is 0. The Morgan fingerprint density at radius 2 is 1.97 bits per heavy atom. The van der Waals surface area contributed by atoms with Crippen molar-refractivity contribution < 1.29 is 19.0 Å². The fraction of sp³-hybridized carbons (Fsp3) is 0.375. The fourth-order valence-electron chi connectivity index (χ4n) is 4.77. The lowest BCUT2D eigenvalue weighted by Crippen LogP contribution is -2.43. The summed E-state index contributed by atoms with van der Waals surface area (Å²) in [4.78, 5) is 15.9. The number of nitrogens with zero attached hydrogens (tertiary/aromatic N) is 1. The molecule has 5 nitrogen and oxygen atoms in total. The van der Waals surface area contributed by atoms with Gasteiger partial charge in [-0.25, -0.2) is 0 Å². The van der Waals surface area contributed by atoms with Crippen LogP contribution in [0.4, 0.5) is 5.69 Å². The normalized spacial score (nSPS) is 20.9. The number of alkyl halides is 1. The summed E-state index contributed by atoms with van der Waals surface area (Å²) < 4.78 is 17.2. The molecule has 3 aliphatic rings. The first-order valence-corrected chi connectivity index (χ1v) is 11.0. The molecule has 0 fully saturated rings. The molecule has 0 aromatic heterocycles. The molecule has 0 aliphatic carbocycles. The van der Waals surface area contributed by atoms with E-state index in [1.54, 1.807) is 0 Å². The zero-order valence-electron chi connectivity index (χ0n) is 16.9. The average molecular weight is 426 g/mol. The molecule has 0 bridgehead atoms. The van der Waals surface area contributed by atoms with Gasteiger partial charge in [0, 0.05) is 35.3 Å². The molecule has 5 rings (SSSR count). The minimum atomic E-state index is -0.884. The minimum Gasteiger partial charge on any atom is -0.491 e. The highest BCUT2D eigenvalue weighted by atomic mass is 35.5.